The standard InChI is InChI=1S/C15H30N4O/c1-13(2)19-9-4-14(5-10-19)17-15(20)12-18-8-3-6-16-7-11-18/h13-14,16H,3-12H2,1-2H3,(H,17,20). The Labute approximate surface area is 123 Å². The summed E-state index contributed by atoms with van der Waals surface area (Å²) in [6.45, 7) is 11.4. The van der Waals surface area contributed by atoms with E-state index in [0.29, 0.717) is 18.6 Å². The molecule has 5 nitrogen and oxygen atoms in total. The number of rotatable bonds is 4. The normalized spacial score (nSPS) is 23.8. The third kappa shape index (κ3) is 5.04. The summed E-state index contributed by atoms with van der Waals surface area (Å²) in [4.78, 5) is 16.9. The Hall–Kier alpha value is -0.650. The number of piperidine rings is 1. The van der Waals surface area contributed by atoms with Crippen LogP contribution in [-0.4, -0.2) is 73.6 Å². The van der Waals surface area contributed by atoms with Gasteiger partial charge in [0.15, 0.2) is 0 Å². The molecule has 5 heteroatoms. The predicted octanol–water partition coefficient (Wildman–Crippen LogP) is 0.271. The second-order valence-electron chi connectivity index (χ2n) is 6.35. The number of amides is 1. The molecule has 2 aliphatic rings. The predicted molar refractivity (Wildman–Crippen MR) is 81.8 cm³/mol. The number of carbonyl (C=O) groups excluding carboxylic acids is 1. The molecule has 2 heterocycles. The average molecular weight is 282 g/mol. The molecule has 0 unspecified atom stereocenters. The first-order chi connectivity index (χ1) is 9.65. The van der Waals surface area contributed by atoms with Crippen LogP contribution < -0.4 is 10.6 Å². The van der Waals surface area contributed by atoms with Gasteiger partial charge in [-0.15, -0.1) is 0 Å². The van der Waals surface area contributed by atoms with Crippen molar-refractivity contribution in [2.24, 2.45) is 0 Å². The lowest BCUT2D eigenvalue weighted by Gasteiger charge is -2.35. The summed E-state index contributed by atoms with van der Waals surface area (Å²) in [5, 5.41) is 6.59. The van der Waals surface area contributed by atoms with E-state index in [2.05, 4.69) is 34.3 Å². The van der Waals surface area contributed by atoms with Crippen LogP contribution in [0.1, 0.15) is 33.1 Å². The fraction of sp³-hybridized carbons (Fsp3) is 0.933. The molecule has 2 aliphatic heterocycles. The van der Waals surface area contributed by atoms with E-state index in [0.717, 1.165) is 58.5 Å². The van der Waals surface area contributed by atoms with Crippen LogP contribution in [0.5, 0.6) is 0 Å². The van der Waals surface area contributed by atoms with Crippen molar-refractivity contribution in [1.82, 2.24) is 20.4 Å². The van der Waals surface area contributed by atoms with Crippen LogP contribution in [0, 0.1) is 0 Å². The van der Waals surface area contributed by atoms with Crippen molar-refractivity contribution in [1.29, 1.82) is 0 Å². The summed E-state index contributed by atoms with van der Waals surface area (Å²) in [5.74, 6) is 0.204. The van der Waals surface area contributed by atoms with Crippen LogP contribution in [0.3, 0.4) is 0 Å². The van der Waals surface area contributed by atoms with E-state index in [1.165, 1.54) is 0 Å². The molecule has 1 amide bonds. The molecule has 0 spiro atoms. The van der Waals surface area contributed by atoms with Crippen LogP contribution in [-0.2, 0) is 4.79 Å². The van der Waals surface area contributed by atoms with Gasteiger partial charge >= 0.3 is 0 Å². The zero-order valence-corrected chi connectivity index (χ0v) is 13.0. The van der Waals surface area contributed by atoms with Crippen molar-refractivity contribution in [3.8, 4) is 0 Å². The minimum absolute atomic E-state index is 0.204. The van der Waals surface area contributed by atoms with Crippen molar-refractivity contribution >= 4 is 5.91 Å². The van der Waals surface area contributed by atoms with E-state index in [4.69, 9.17) is 0 Å². The Morgan fingerprint density at radius 2 is 1.95 bits per heavy atom. The molecular weight excluding hydrogens is 252 g/mol. The highest BCUT2D eigenvalue weighted by Crippen LogP contribution is 2.12. The summed E-state index contributed by atoms with van der Waals surface area (Å²) >= 11 is 0. The maximum Gasteiger partial charge on any atom is 0.234 e. The van der Waals surface area contributed by atoms with Gasteiger partial charge in [-0.05, 0) is 46.2 Å². The van der Waals surface area contributed by atoms with Crippen molar-refractivity contribution in [3.63, 3.8) is 0 Å². The SMILES string of the molecule is CC(C)N1CCC(NC(=O)CN2CCCNCC2)CC1. The molecule has 0 aromatic rings. The molecule has 0 aliphatic carbocycles. The molecule has 20 heavy (non-hydrogen) atoms. The average Bonchev–Trinajstić information content (AvgIpc) is 2.68. The van der Waals surface area contributed by atoms with Gasteiger partial charge in [0.05, 0.1) is 6.54 Å². The first kappa shape index (κ1) is 15.7. The minimum Gasteiger partial charge on any atom is -0.352 e. The van der Waals surface area contributed by atoms with Crippen LogP contribution in [0.15, 0.2) is 0 Å². The number of likely N-dealkylation sites (tertiary alicyclic amines) is 1. The van der Waals surface area contributed by atoms with Crippen LogP contribution >= 0.6 is 0 Å². The number of hydrogen-bond donors (Lipinski definition) is 2. The van der Waals surface area contributed by atoms with E-state index < -0.39 is 0 Å². The topological polar surface area (TPSA) is 47.6 Å². The lowest BCUT2D eigenvalue weighted by Crippen LogP contribution is -2.49. The molecule has 0 bridgehead atoms. The molecule has 0 aromatic heterocycles. The highest BCUT2D eigenvalue weighted by Gasteiger charge is 2.22. The molecular formula is C15H30N4O. The smallest absolute Gasteiger partial charge is 0.234 e. The Kier molecular flexibility index (Phi) is 6.26. The largest absolute Gasteiger partial charge is 0.352 e. The van der Waals surface area contributed by atoms with Gasteiger partial charge in [0.25, 0.3) is 0 Å². The van der Waals surface area contributed by atoms with E-state index >= 15 is 0 Å². The van der Waals surface area contributed by atoms with Gasteiger partial charge < -0.3 is 15.5 Å². The highest BCUT2D eigenvalue weighted by molar-refractivity contribution is 5.78. The number of nitrogens with zero attached hydrogens (tertiary/aromatic N) is 2. The molecule has 2 saturated heterocycles. The fourth-order valence-electron chi connectivity index (χ4n) is 3.10. The summed E-state index contributed by atoms with van der Waals surface area (Å²) in [5.41, 5.74) is 0. The third-order valence-corrected chi connectivity index (χ3v) is 4.42. The first-order valence-electron chi connectivity index (χ1n) is 8.11. The maximum atomic E-state index is 12.1. The van der Waals surface area contributed by atoms with Gasteiger partial charge in [0.1, 0.15) is 0 Å². The molecule has 0 radical (unpaired) electrons. The monoisotopic (exact) mass is 282 g/mol. The van der Waals surface area contributed by atoms with Gasteiger partial charge in [-0.2, -0.15) is 0 Å². The molecule has 2 fully saturated rings. The maximum absolute atomic E-state index is 12.1. The molecule has 0 aromatic carbocycles. The second kappa shape index (κ2) is 7.96. The Morgan fingerprint density at radius 1 is 1.20 bits per heavy atom. The first-order valence-corrected chi connectivity index (χ1v) is 8.11. The van der Waals surface area contributed by atoms with E-state index in [-0.39, 0.29) is 5.91 Å². The molecule has 2 N–H and O–H groups in total. The summed E-state index contributed by atoms with van der Waals surface area (Å²) in [6, 6.07) is 0.999. The molecule has 0 saturated carbocycles. The van der Waals surface area contributed by atoms with E-state index in [9.17, 15) is 4.79 Å². The number of nitrogens with one attached hydrogen (secondary N) is 2. The summed E-state index contributed by atoms with van der Waals surface area (Å²) in [7, 11) is 0. The quantitative estimate of drug-likeness (QED) is 0.777. The third-order valence-electron chi connectivity index (χ3n) is 4.42. The summed E-state index contributed by atoms with van der Waals surface area (Å²) in [6.07, 6.45) is 3.32. The fourth-order valence-corrected chi connectivity index (χ4v) is 3.10. The minimum atomic E-state index is 0.204. The Balaban J connectivity index is 1.67. The lowest BCUT2D eigenvalue weighted by molar-refractivity contribution is -0.123. The van der Waals surface area contributed by atoms with Gasteiger partial charge in [0, 0.05) is 38.3 Å². The Bertz CT molecular complexity index is 292. The zero-order chi connectivity index (χ0) is 14.4. The number of hydrogen-bond acceptors (Lipinski definition) is 4. The van der Waals surface area contributed by atoms with Gasteiger partial charge in [-0.1, -0.05) is 0 Å². The molecule has 0 atom stereocenters. The highest BCUT2D eigenvalue weighted by atomic mass is 16.2. The van der Waals surface area contributed by atoms with Crippen LogP contribution in [0.25, 0.3) is 0 Å². The van der Waals surface area contributed by atoms with Crippen LogP contribution in [0.4, 0.5) is 0 Å². The molecule has 2 rings (SSSR count). The summed E-state index contributed by atoms with van der Waals surface area (Å²) < 4.78 is 0. The van der Waals surface area contributed by atoms with Gasteiger partial charge in [0.2, 0.25) is 5.91 Å². The van der Waals surface area contributed by atoms with Crippen molar-refractivity contribution < 1.29 is 4.79 Å². The Morgan fingerprint density at radius 3 is 2.65 bits per heavy atom. The van der Waals surface area contributed by atoms with Crippen molar-refractivity contribution in [3.05, 3.63) is 0 Å². The van der Waals surface area contributed by atoms with Crippen molar-refractivity contribution in [2.75, 3.05) is 45.8 Å². The second-order valence-corrected chi connectivity index (χ2v) is 6.35. The van der Waals surface area contributed by atoms with E-state index in [1.54, 1.807) is 0 Å². The van der Waals surface area contributed by atoms with Crippen molar-refractivity contribution in [2.45, 2.75) is 45.2 Å². The van der Waals surface area contributed by atoms with Gasteiger partial charge in [-0.25, -0.2) is 0 Å². The molecule has 116 valence electrons. The lowest BCUT2D eigenvalue weighted by atomic mass is 10.0. The van der Waals surface area contributed by atoms with E-state index in [1.807, 2.05) is 0 Å². The van der Waals surface area contributed by atoms with Crippen LogP contribution in [0.2, 0.25) is 0 Å². The zero-order valence-electron chi connectivity index (χ0n) is 13.0. The van der Waals surface area contributed by atoms with Gasteiger partial charge in [-0.3, -0.25) is 9.69 Å². The number of carbonyl (C=O) groups is 1.